The van der Waals surface area contributed by atoms with E-state index in [0.717, 1.165) is 4.47 Å². The molecule has 1 N–H and O–H groups in total. The van der Waals surface area contributed by atoms with E-state index >= 15 is 0 Å². The van der Waals surface area contributed by atoms with Gasteiger partial charge in [-0.25, -0.2) is 0 Å². The zero-order valence-corrected chi connectivity index (χ0v) is 12.0. The first-order chi connectivity index (χ1) is 8.88. The predicted octanol–water partition coefficient (Wildman–Crippen LogP) is 2.93. The highest BCUT2D eigenvalue weighted by atomic mass is 79.9. The molecule has 0 saturated heterocycles. The molecule has 0 aromatic heterocycles. The molecule has 0 amide bonds. The number of benzene rings is 2. The Morgan fingerprint density at radius 3 is 1.74 bits per heavy atom. The average molecular weight is 341 g/mol. The first-order valence-corrected chi connectivity index (χ1v) is 7.49. The molecule has 0 aliphatic rings. The molecule has 0 heterocycles. The summed E-state index contributed by atoms with van der Waals surface area (Å²) in [5.74, 6) is -0.214. The highest BCUT2D eigenvalue weighted by Crippen LogP contribution is 2.16. The molecule has 4 nitrogen and oxygen atoms in total. The second-order valence-corrected chi connectivity index (χ2v) is 6.17. The van der Waals surface area contributed by atoms with E-state index in [1.807, 2.05) is 0 Å². The van der Waals surface area contributed by atoms with Crippen molar-refractivity contribution in [2.24, 2.45) is 0 Å². The largest absolute Gasteiger partial charge is 0.294 e. The van der Waals surface area contributed by atoms with Crippen LogP contribution in [0.5, 0.6) is 0 Å². The summed E-state index contributed by atoms with van der Waals surface area (Å²) in [7, 11) is -4.23. The molecule has 0 fully saturated rings. The number of hydrogen-bond donors (Lipinski definition) is 1. The van der Waals surface area contributed by atoms with Gasteiger partial charge < -0.3 is 0 Å². The lowest BCUT2D eigenvalue weighted by Crippen LogP contribution is -2.03. The summed E-state index contributed by atoms with van der Waals surface area (Å²) in [5, 5.41) is 0. The Balaban J connectivity index is 2.32. The third-order valence-corrected chi connectivity index (χ3v) is 3.92. The Kier molecular flexibility index (Phi) is 3.84. The third-order valence-electron chi connectivity index (χ3n) is 2.52. The topological polar surface area (TPSA) is 71.4 Å². The Labute approximate surface area is 119 Å². The quantitative estimate of drug-likeness (QED) is 0.688. The SMILES string of the molecule is O=C(c1ccc(Br)cc1)c1ccc(S(=O)(=O)O)cc1. The number of hydrogen-bond acceptors (Lipinski definition) is 3. The lowest BCUT2D eigenvalue weighted by molar-refractivity contribution is 0.103. The maximum absolute atomic E-state index is 12.1. The minimum absolute atomic E-state index is 0.214. The van der Waals surface area contributed by atoms with E-state index in [4.69, 9.17) is 4.55 Å². The van der Waals surface area contributed by atoms with Crippen molar-refractivity contribution in [1.29, 1.82) is 0 Å². The van der Waals surface area contributed by atoms with E-state index in [0.29, 0.717) is 11.1 Å². The first kappa shape index (κ1) is 13.9. The van der Waals surface area contributed by atoms with Gasteiger partial charge in [0.1, 0.15) is 0 Å². The average Bonchev–Trinajstić information content (AvgIpc) is 2.38. The summed E-state index contributed by atoms with van der Waals surface area (Å²) in [4.78, 5) is 11.9. The number of carbonyl (C=O) groups excluding carboxylic acids is 1. The molecule has 0 aliphatic carbocycles. The molecule has 0 aliphatic heterocycles. The van der Waals surface area contributed by atoms with Gasteiger partial charge in [-0.3, -0.25) is 9.35 Å². The summed E-state index contributed by atoms with van der Waals surface area (Å²) >= 11 is 3.28. The molecule has 2 rings (SSSR count). The van der Waals surface area contributed by atoms with E-state index in [9.17, 15) is 13.2 Å². The van der Waals surface area contributed by atoms with E-state index in [1.165, 1.54) is 24.3 Å². The second-order valence-electron chi connectivity index (χ2n) is 3.84. The number of rotatable bonds is 3. The van der Waals surface area contributed by atoms with Crippen LogP contribution in [-0.2, 0) is 10.1 Å². The van der Waals surface area contributed by atoms with Crippen LogP contribution in [0.25, 0.3) is 0 Å². The van der Waals surface area contributed by atoms with Gasteiger partial charge >= 0.3 is 0 Å². The second kappa shape index (κ2) is 5.24. The molecule has 19 heavy (non-hydrogen) atoms. The van der Waals surface area contributed by atoms with Crippen LogP contribution < -0.4 is 0 Å². The van der Waals surface area contributed by atoms with Crippen molar-refractivity contribution in [2.45, 2.75) is 4.90 Å². The van der Waals surface area contributed by atoms with Gasteiger partial charge in [0, 0.05) is 15.6 Å². The summed E-state index contributed by atoms with van der Waals surface area (Å²) in [5.41, 5.74) is 0.859. The number of halogens is 1. The summed E-state index contributed by atoms with van der Waals surface area (Å²) in [6.45, 7) is 0. The van der Waals surface area contributed by atoms with Gasteiger partial charge in [-0.2, -0.15) is 8.42 Å². The van der Waals surface area contributed by atoms with Crippen molar-refractivity contribution in [3.05, 3.63) is 64.1 Å². The predicted molar refractivity (Wildman–Crippen MR) is 73.8 cm³/mol. The molecule has 0 unspecified atom stereocenters. The zero-order chi connectivity index (χ0) is 14.0. The van der Waals surface area contributed by atoms with Crippen LogP contribution in [0.1, 0.15) is 15.9 Å². The Morgan fingerprint density at radius 2 is 1.32 bits per heavy atom. The zero-order valence-electron chi connectivity index (χ0n) is 9.58. The number of ketones is 1. The molecule has 98 valence electrons. The van der Waals surface area contributed by atoms with Gasteiger partial charge in [0.25, 0.3) is 10.1 Å². The van der Waals surface area contributed by atoms with Crippen molar-refractivity contribution >= 4 is 31.8 Å². The molecule has 2 aromatic rings. The highest BCUT2D eigenvalue weighted by Gasteiger charge is 2.12. The fraction of sp³-hybridized carbons (Fsp3) is 0. The molecule has 0 spiro atoms. The van der Waals surface area contributed by atoms with Gasteiger partial charge in [0.15, 0.2) is 5.78 Å². The third kappa shape index (κ3) is 3.28. The summed E-state index contributed by atoms with van der Waals surface area (Å²) in [6.07, 6.45) is 0. The Bertz CT molecular complexity index is 703. The van der Waals surface area contributed by atoms with Crippen molar-refractivity contribution < 1.29 is 17.8 Å². The van der Waals surface area contributed by atoms with Gasteiger partial charge in [-0.05, 0) is 48.5 Å². The van der Waals surface area contributed by atoms with Gasteiger partial charge in [0.05, 0.1) is 4.90 Å². The lowest BCUT2D eigenvalue weighted by Gasteiger charge is -2.02. The maximum Gasteiger partial charge on any atom is 0.294 e. The van der Waals surface area contributed by atoms with Crippen LogP contribution in [0.3, 0.4) is 0 Å². The first-order valence-electron chi connectivity index (χ1n) is 5.26. The standard InChI is InChI=1S/C13H9BrO4S/c14-11-5-1-9(2-6-11)13(15)10-3-7-12(8-4-10)19(16,17)18/h1-8H,(H,16,17,18). The van der Waals surface area contributed by atoms with E-state index in [1.54, 1.807) is 24.3 Å². The Hall–Kier alpha value is -1.50. The van der Waals surface area contributed by atoms with Gasteiger partial charge in [-0.1, -0.05) is 15.9 Å². The molecule has 2 aromatic carbocycles. The molecule has 0 radical (unpaired) electrons. The maximum atomic E-state index is 12.1. The highest BCUT2D eigenvalue weighted by molar-refractivity contribution is 9.10. The monoisotopic (exact) mass is 340 g/mol. The van der Waals surface area contributed by atoms with Crippen LogP contribution in [0.4, 0.5) is 0 Å². The fourth-order valence-corrected chi connectivity index (χ4v) is 2.29. The number of carbonyl (C=O) groups is 1. The van der Waals surface area contributed by atoms with E-state index in [-0.39, 0.29) is 10.7 Å². The van der Waals surface area contributed by atoms with Crippen molar-refractivity contribution in [3.8, 4) is 0 Å². The molecular weight excluding hydrogens is 332 g/mol. The molecule has 0 atom stereocenters. The smallest absolute Gasteiger partial charge is 0.289 e. The van der Waals surface area contributed by atoms with Crippen molar-refractivity contribution in [3.63, 3.8) is 0 Å². The fourth-order valence-electron chi connectivity index (χ4n) is 1.55. The molecule has 0 bridgehead atoms. The van der Waals surface area contributed by atoms with E-state index in [2.05, 4.69) is 15.9 Å². The molecular formula is C13H9BrO4S. The van der Waals surface area contributed by atoms with Gasteiger partial charge in [-0.15, -0.1) is 0 Å². The van der Waals surface area contributed by atoms with Crippen LogP contribution >= 0.6 is 15.9 Å². The Morgan fingerprint density at radius 1 is 0.895 bits per heavy atom. The van der Waals surface area contributed by atoms with Crippen molar-refractivity contribution in [1.82, 2.24) is 0 Å². The minimum Gasteiger partial charge on any atom is -0.289 e. The van der Waals surface area contributed by atoms with Crippen LogP contribution in [-0.4, -0.2) is 18.8 Å². The lowest BCUT2D eigenvalue weighted by atomic mass is 10.0. The van der Waals surface area contributed by atoms with Gasteiger partial charge in [0.2, 0.25) is 0 Å². The van der Waals surface area contributed by atoms with E-state index < -0.39 is 10.1 Å². The summed E-state index contributed by atoms with van der Waals surface area (Å²) in [6, 6.07) is 12.0. The van der Waals surface area contributed by atoms with Crippen LogP contribution in [0, 0.1) is 0 Å². The summed E-state index contributed by atoms with van der Waals surface area (Å²) < 4.78 is 31.5. The molecule has 6 heteroatoms. The van der Waals surface area contributed by atoms with Crippen LogP contribution in [0.2, 0.25) is 0 Å². The van der Waals surface area contributed by atoms with Crippen LogP contribution in [0.15, 0.2) is 57.9 Å². The minimum atomic E-state index is -4.23. The molecule has 0 saturated carbocycles. The normalized spacial score (nSPS) is 11.3. The van der Waals surface area contributed by atoms with Crippen molar-refractivity contribution in [2.75, 3.05) is 0 Å².